The van der Waals surface area contributed by atoms with Crippen molar-refractivity contribution in [3.05, 3.63) is 119 Å². The smallest absolute Gasteiger partial charge is 0.293 e. The van der Waals surface area contributed by atoms with Crippen LogP contribution in [-0.2, 0) is 23.3 Å². The number of benzene rings is 3. The molecule has 12 heteroatoms. The van der Waals surface area contributed by atoms with Crippen LogP contribution in [0.3, 0.4) is 0 Å². The van der Waals surface area contributed by atoms with E-state index in [1.165, 1.54) is 48.1 Å². The molecule has 0 atom stereocenters. The molecule has 42 heavy (non-hydrogen) atoms. The van der Waals surface area contributed by atoms with Crippen molar-refractivity contribution in [2.75, 3.05) is 0 Å². The van der Waals surface area contributed by atoms with E-state index in [0.717, 1.165) is 27.3 Å². The molecular weight excluding hydrogens is 569 g/mol. The maximum absolute atomic E-state index is 13.7. The van der Waals surface area contributed by atoms with Gasteiger partial charge in [0.25, 0.3) is 10.1 Å². The minimum absolute atomic E-state index is 0.0666. The largest absolute Gasteiger partial charge is 0.418 e. The van der Waals surface area contributed by atoms with Crippen molar-refractivity contribution in [3.63, 3.8) is 0 Å². The van der Waals surface area contributed by atoms with E-state index >= 15 is 0 Å². The summed E-state index contributed by atoms with van der Waals surface area (Å²) >= 11 is 0. The molecule has 0 saturated heterocycles. The fraction of sp³-hybridized carbons (Fsp3) is 0.100. The average Bonchev–Trinajstić information content (AvgIpc) is 3.22. The Kier molecular flexibility index (Phi) is 7.43. The number of aromatic nitrogens is 4. The SMILES string of the molecule is Cc1ccc(S(=O)(=O)O)cc1.Cn1c(=O)n(-c2ccccc2C(F)(F)F)c2c3cc(-c4cccnc4)ccc3ncc21. The van der Waals surface area contributed by atoms with Gasteiger partial charge in [0, 0.05) is 30.4 Å². The number of aryl methyl sites for hydroxylation is 2. The lowest BCUT2D eigenvalue weighted by Crippen LogP contribution is -2.23. The summed E-state index contributed by atoms with van der Waals surface area (Å²) < 4.78 is 73.2. The number of imidazole rings is 1. The molecule has 8 nitrogen and oxygen atoms in total. The van der Waals surface area contributed by atoms with E-state index in [1.54, 1.807) is 36.7 Å². The standard InChI is InChI=1S/C23H15F3N4O.C7H8O3S/c1-29-20-13-28-18-9-8-14(15-5-4-10-27-12-15)11-16(18)21(20)30(22(29)31)19-7-3-2-6-17(19)23(24,25)26;1-6-2-4-7(5-3-6)11(8,9)10/h2-13H,1H3;2-5H,1H3,(H,8,9,10). The van der Waals surface area contributed by atoms with Gasteiger partial charge >= 0.3 is 11.9 Å². The highest BCUT2D eigenvalue weighted by Crippen LogP contribution is 2.36. The van der Waals surface area contributed by atoms with Crippen LogP contribution in [0.5, 0.6) is 0 Å². The molecule has 3 aromatic carbocycles. The molecule has 0 fully saturated rings. The van der Waals surface area contributed by atoms with E-state index in [-0.39, 0.29) is 10.6 Å². The Balaban J connectivity index is 0.000000271. The molecule has 0 aliphatic heterocycles. The summed E-state index contributed by atoms with van der Waals surface area (Å²) in [7, 11) is -2.50. The maximum atomic E-state index is 13.7. The molecule has 0 aliphatic carbocycles. The second-order valence-electron chi connectivity index (χ2n) is 9.45. The minimum Gasteiger partial charge on any atom is -0.293 e. The normalized spacial score (nSPS) is 11.9. The van der Waals surface area contributed by atoms with E-state index in [1.807, 2.05) is 25.1 Å². The molecule has 6 rings (SSSR count). The molecule has 3 heterocycles. The molecule has 0 amide bonds. The van der Waals surface area contributed by atoms with E-state index in [2.05, 4.69) is 9.97 Å². The number of halogens is 3. The van der Waals surface area contributed by atoms with Crippen LogP contribution in [0.4, 0.5) is 13.2 Å². The second-order valence-corrected chi connectivity index (χ2v) is 10.9. The van der Waals surface area contributed by atoms with Crippen LogP contribution >= 0.6 is 0 Å². The first-order valence-electron chi connectivity index (χ1n) is 12.5. The third kappa shape index (κ3) is 5.54. The topological polar surface area (TPSA) is 107 Å². The number of para-hydroxylation sites is 1. The van der Waals surface area contributed by atoms with Crippen molar-refractivity contribution in [3.8, 4) is 16.8 Å². The first-order chi connectivity index (χ1) is 19.9. The van der Waals surface area contributed by atoms with Gasteiger partial charge in [-0.3, -0.25) is 23.7 Å². The maximum Gasteiger partial charge on any atom is 0.418 e. The third-order valence-corrected chi connectivity index (χ3v) is 7.52. The Hall–Kier alpha value is -4.81. The summed E-state index contributed by atoms with van der Waals surface area (Å²) in [6.45, 7) is 1.84. The highest BCUT2D eigenvalue weighted by molar-refractivity contribution is 7.85. The van der Waals surface area contributed by atoms with Gasteiger partial charge in [0.2, 0.25) is 0 Å². The number of fused-ring (bicyclic) bond motifs is 3. The molecule has 1 N–H and O–H groups in total. The van der Waals surface area contributed by atoms with Crippen LogP contribution in [0.15, 0.2) is 107 Å². The van der Waals surface area contributed by atoms with E-state index in [0.29, 0.717) is 21.9 Å². The summed E-state index contributed by atoms with van der Waals surface area (Å²) in [6.07, 6.45) is 0.260. The molecule has 0 radical (unpaired) electrons. The van der Waals surface area contributed by atoms with Gasteiger partial charge in [-0.1, -0.05) is 42.0 Å². The van der Waals surface area contributed by atoms with E-state index in [9.17, 15) is 26.4 Å². The minimum atomic E-state index is -4.61. The first-order valence-corrected chi connectivity index (χ1v) is 13.9. The Morgan fingerprint density at radius 2 is 1.60 bits per heavy atom. The Labute approximate surface area is 238 Å². The van der Waals surface area contributed by atoms with Gasteiger partial charge in [-0.05, 0) is 55.0 Å². The number of pyridine rings is 2. The number of hydrogen-bond acceptors (Lipinski definition) is 5. The van der Waals surface area contributed by atoms with Crippen molar-refractivity contribution in [2.24, 2.45) is 7.05 Å². The second kappa shape index (κ2) is 10.9. The van der Waals surface area contributed by atoms with Crippen LogP contribution in [-0.4, -0.2) is 32.1 Å². The molecule has 0 bridgehead atoms. The Morgan fingerprint density at radius 3 is 2.24 bits per heavy atom. The summed E-state index contributed by atoms with van der Waals surface area (Å²) in [5.41, 5.74) is 2.35. The van der Waals surface area contributed by atoms with Crippen molar-refractivity contribution in [1.82, 2.24) is 19.1 Å². The quantitative estimate of drug-likeness (QED) is 0.245. The van der Waals surface area contributed by atoms with Crippen molar-refractivity contribution in [2.45, 2.75) is 18.0 Å². The highest BCUT2D eigenvalue weighted by Gasteiger charge is 2.35. The van der Waals surface area contributed by atoms with Gasteiger partial charge in [-0.15, -0.1) is 0 Å². The lowest BCUT2D eigenvalue weighted by atomic mass is 10.0. The van der Waals surface area contributed by atoms with Crippen molar-refractivity contribution in [1.29, 1.82) is 0 Å². The number of hydrogen-bond donors (Lipinski definition) is 1. The van der Waals surface area contributed by atoms with Gasteiger partial charge in [-0.2, -0.15) is 21.6 Å². The fourth-order valence-electron chi connectivity index (χ4n) is 4.55. The van der Waals surface area contributed by atoms with Crippen LogP contribution in [0, 0.1) is 6.92 Å². The lowest BCUT2D eigenvalue weighted by molar-refractivity contribution is -0.137. The van der Waals surface area contributed by atoms with Gasteiger partial charge in [0.15, 0.2) is 0 Å². The van der Waals surface area contributed by atoms with Crippen LogP contribution in [0.2, 0.25) is 0 Å². The molecule has 0 unspecified atom stereocenters. The van der Waals surface area contributed by atoms with Crippen LogP contribution in [0.25, 0.3) is 38.8 Å². The zero-order chi connectivity index (χ0) is 30.2. The first kappa shape index (κ1) is 28.7. The Morgan fingerprint density at radius 1 is 0.881 bits per heavy atom. The summed E-state index contributed by atoms with van der Waals surface area (Å²) in [6, 6.07) is 20.2. The van der Waals surface area contributed by atoms with Gasteiger partial charge in [-0.25, -0.2) is 4.79 Å². The van der Waals surface area contributed by atoms with Gasteiger partial charge in [0.05, 0.1) is 38.9 Å². The number of nitrogens with zero attached hydrogens (tertiary/aromatic N) is 4. The predicted molar refractivity (Wildman–Crippen MR) is 153 cm³/mol. The molecule has 0 spiro atoms. The monoisotopic (exact) mass is 592 g/mol. The highest BCUT2D eigenvalue weighted by atomic mass is 32.2. The molecule has 0 aliphatic rings. The van der Waals surface area contributed by atoms with Crippen molar-refractivity contribution < 1.29 is 26.1 Å². The lowest BCUT2D eigenvalue weighted by Gasteiger charge is -2.14. The summed E-state index contributed by atoms with van der Waals surface area (Å²) in [5.74, 6) is 0. The molecule has 214 valence electrons. The van der Waals surface area contributed by atoms with Gasteiger partial charge in [0.1, 0.15) is 0 Å². The van der Waals surface area contributed by atoms with Crippen LogP contribution < -0.4 is 5.69 Å². The predicted octanol–water partition coefficient (Wildman–Crippen LogP) is 6.20. The van der Waals surface area contributed by atoms with E-state index in [4.69, 9.17) is 4.55 Å². The molecular formula is C30H23F3N4O4S. The third-order valence-electron chi connectivity index (χ3n) is 6.65. The summed E-state index contributed by atoms with van der Waals surface area (Å²) in [4.78, 5) is 21.6. The molecule has 6 aromatic rings. The summed E-state index contributed by atoms with van der Waals surface area (Å²) in [5, 5.41) is 0.577. The zero-order valence-electron chi connectivity index (χ0n) is 22.2. The average molecular weight is 593 g/mol. The van der Waals surface area contributed by atoms with E-state index < -0.39 is 27.5 Å². The van der Waals surface area contributed by atoms with Crippen LogP contribution in [0.1, 0.15) is 11.1 Å². The Bertz CT molecular complexity index is 2090. The van der Waals surface area contributed by atoms with Crippen molar-refractivity contribution >= 4 is 32.1 Å². The number of alkyl halides is 3. The fourth-order valence-corrected chi connectivity index (χ4v) is 5.03. The zero-order valence-corrected chi connectivity index (χ0v) is 23.1. The molecule has 3 aromatic heterocycles. The number of rotatable bonds is 3. The molecule has 0 saturated carbocycles. The van der Waals surface area contributed by atoms with Gasteiger partial charge < -0.3 is 0 Å².